The van der Waals surface area contributed by atoms with Crippen LogP contribution in [0.25, 0.3) is 0 Å². The van der Waals surface area contributed by atoms with Crippen LogP contribution in [0.15, 0.2) is 18.2 Å². The van der Waals surface area contributed by atoms with Gasteiger partial charge in [0.15, 0.2) is 18.8 Å². The SMILES string of the molecule is CC(=O)NC1C(OC(=O)COc2ccc(Cl)cc2Cl)OC(COC(C)=O)C(OC(C)=O)C1OC(C)=O. The van der Waals surface area contributed by atoms with E-state index in [0.29, 0.717) is 5.02 Å². The van der Waals surface area contributed by atoms with Crippen molar-refractivity contribution in [2.45, 2.75) is 58.3 Å². The molecule has 12 nitrogen and oxygen atoms in total. The molecular formula is C22H25Cl2NO11. The van der Waals surface area contributed by atoms with Crippen LogP contribution in [-0.2, 0) is 47.7 Å². The van der Waals surface area contributed by atoms with Gasteiger partial charge >= 0.3 is 23.9 Å². The Morgan fingerprint density at radius 1 is 0.917 bits per heavy atom. The molecule has 0 aromatic heterocycles. The molecule has 5 unspecified atom stereocenters. The zero-order chi connectivity index (χ0) is 27.0. The first kappa shape index (κ1) is 29.1. The van der Waals surface area contributed by atoms with Crippen molar-refractivity contribution in [3.8, 4) is 5.75 Å². The Morgan fingerprint density at radius 2 is 1.56 bits per heavy atom. The molecule has 1 aromatic rings. The van der Waals surface area contributed by atoms with E-state index >= 15 is 0 Å². The number of hydrogen-bond donors (Lipinski definition) is 1. The summed E-state index contributed by atoms with van der Waals surface area (Å²) in [6.07, 6.45) is -5.46. The summed E-state index contributed by atoms with van der Waals surface area (Å²) in [6.45, 7) is 3.45. The molecule has 1 N–H and O–H groups in total. The minimum absolute atomic E-state index is 0.154. The van der Waals surface area contributed by atoms with Crippen molar-refractivity contribution in [1.82, 2.24) is 5.32 Å². The Kier molecular flexibility index (Phi) is 10.8. The average Bonchev–Trinajstić information content (AvgIpc) is 2.75. The summed E-state index contributed by atoms with van der Waals surface area (Å²) < 4.78 is 32.0. The highest BCUT2D eigenvalue weighted by molar-refractivity contribution is 6.35. The van der Waals surface area contributed by atoms with E-state index in [9.17, 15) is 24.0 Å². The summed E-state index contributed by atoms with van der Waals surface area (Å²) in [5, 5.41) is 2.99. The van der Waals surface area contributed by atoms with Crippen LogP contribution in [0, 0.1) is 0 Å². The van der Waals surface area contributed by atoms with Crippen LogP contribution < -0.4 is 10.1 Å². The fourth-order valence-corrected chi connectivity index (χ4v) is 3.75. The molecule has 0 spiro atoms. The Labute approximate surface area is 216 Å². The van der Waals surface area contributed by atoms with E-state index in [1.54, 1.807) is 0 Å². The molecule has 1 amide bonds. The largest absolute Gasteiger partial charge is 0.480 e. The van der Waals surface area contributed by atoms with Crippen molar-refractivity contribution in [3.05, 3.63) is 28.2 Å². The smallest absolute Gasteiger partial charge is 0.346 e. The van der Waals surface area contributed by atoms with Gasteiger partial charge < -0.3 is 33.7 Å². The van der Waals surface area contributed by atoms with Gasteiger partial charge in [-0.25, -0.2) is 4.79 Å². The zero-order valence-electron chi connectivity index (χ0n) is 19.8. The first-order chi connectivity index (χ1) is 16.9. The summed E-state index contributed by atoms with van der Waals surface area (Å²) in [7, 11) is 0. The number of halogens is 2. The molecule has 1 saturated heterocycles. The molecule has 0 bridgehead atoms. The van der Waals surface area contributed by atoms with Crippen molar-refractivity contribution >= 4 is 53.0 Å². The highest BCUT2D eigenvalue weighted by atomic mass is 35.5. The van der Waals surface area contributed by atoms with Gasteiger partial charge in [-0.2, -0.15) is 0 Å². The van der Waals surface area contributed by atoms with Crippen LogP contribution in [0.3, 0.4) is 0 Å². The van der Waals surface area contributed by atoms with E-state index in [1.165, 1.54) is 25.1 Å². The van der Waals surface area contributed by atoms with Crippen LogP contribution in [0.4, 0.5) is 0 Å². The van der Waals surface area contributed by atoms with Crippen LogP contribution in [-0.4, -0.2) is 73.6 Å². The van der Waals surface area contributed by atoms with Gasteiger partial charge in [-0.15, -0.1) is 0 Å². The van der Waals surface area contributed by atoms with Crippen LogP contribution in [0.1, 0.15) is 27.7 Å². The van der Waals surface area contributed by atoms with Gasteiger partial charge in [-0.05, 0) is 18.2 Å². The molecule has 1 heterocycles. The summed E-state index contributed by atoms with van der Waals surface area (Å²) in [6, 6.07) is 3.07. The number of nitrogens with one attached hydrogen (secondary N) is 1. The lowest BCUT2D eigenvalue weighted by atomic mass is 9.96. The second-order valence-electron chi connectivity index (χ2n) is 7.57. The lowest BCUT2D eigenvalue weighted by Gasteiger charge is -2.44. The highest BCUT2D eigenvalue weighted by Crippen LogP contribution is 2.29. The Balaban J connectivity index is 2.29. The first-order valence-electron chi connectivity index (χ1n) is 10.5. The summed E-state index contributed by atoms with van der Waals surface area (Å²) >= 11 is 11.9. The second-order valence-corrected chi connectivity index (χ2v) is 8.42. The maximum absolute atomic E-state index is 12.6. The van der Waals surface area contributed by atoms with Crippen molar-refractivity contribution in [2.24, 2.45) is 0 Å². The predicted molar refractivity (Wildman–Crippen MR) is 122 cm³/mol. The number of carbonyl (C=O) groups excluding carboxylic acids is 5. The van der Waals surface area contributed by atoms with Crippen LogP contribution in [0.5, 0.6) is 5.75 Å². The summed E-state index contributed by atoms with van der Waals surface area (Å²) in [4.78, 5) is 59.4. The minimum Gasteiger partial charge on any atom is -0.480 e. The van der Waals surface area contributed by atoms with Crippen molar-refractivity contribution in [3.63, 3.8) is 0 Å². The number of amides is 1. The third kappa shape index (κ3) is 8.85. The number of hydrogen-bond acceptors (Lipinski definition) is 11. The molecule has 1 fully saturated rings. The van der Waals surface area contributed by atoms with E-state index in [4.69, 9.17) is 51.6 Å². The van der Waals surface area contributed by atoms with E-state index in [1.807, 2.05) is 0 Å². The van der Waals surface area contributed by atoms with Crippen LogP contribution >= 0.6 is 23.2 Å². The number of benzene rings is 1. The van der Waals surface area contributed by atoms with Gasteiger partial charge in [0, 0.05) is 32.7 Å². The number of rotatable bonds is 9. The third-order valence-corrected chi connectivity index (χ3v) is 5.09. The Hall–Kier alpha value is -3.09. The first-order valence-corrected chi connectivity index (χ1v) is 11.3. The van der Waals surface area contributed by atoms with Crippen molar-refractivity contribution in [1.29, 1.82) is 0 Å². The zero-order valence-corrected chi connectivity index (χ0v) is 21.3. The number of esters is 4. The van der Waals surface area contributed by atoms with E-state index < -0.39 is 73.6 Å². The van der Waals surface area contributed by atoms with Gasteiger partial charge in [0.25, 0.3) is 0 Å². The third-order valence-electron chi connectivity index (χ3n) is 4.56. The standard InChI is InChI=1S/C22H25Cl2NO11/c1-10(26)25-19-21(34-13(4)29)20(33-12(3)28)17(8-31-11(2)27)35-22(19)36-18(30)9-32-16-6-5-14(23)7-15(16)24/h5-7,17,19-22H,8-9H2,1-4H3,(H,25,26). The Bertz CT molecular complexity index is 1000. The summed E-state index contributed by atoms with van der Waals surface area (Å²) in [5.74, 6) is -3.60. The predicted octanol–water partition coefficient (Wildman–Crippen LogP) is 1.57. The number of carbonyl (C=O) groups is 5. The van der Waals surface area contributed by atoms with Gasteiger partial charge in [-0.1, -0.05) is 23.2 Å². The molecule has 14 heteroatoms. The minimum atomic E-state index is -1.55. The second kappa shape index (κ2) is 13.3. The molecule has 198 valence electrons. The Morgan fingerprint density at radius 3 is 2.11 bits per heavy atom. The molecule has 2 rings (SSSR count). The van der Waals surface area contributed by atoms with Gasteiger partial charge in [0.05, 0.1) is 5.02 Å². The maximum Gasteiger partial charge on any atom is 0.346 e. The monoisotopic (exact) mass is 549 g/mol. The maximum atomic E-state index is 12.6. The van der Waals surface area contributed by atoms with Crippen LogP contribution in [0.2, 0.25) is 10.0 Å². The van der Waals surface area contributed by atoms with E-state index in [0.717, 1.165) is 20.8 Å². The summed E-state index contributed by atoms with van der Waals surface area (Å²) in [5.41, 5.74) is 0. The van der Waals surface area contributed by atoms with Gasteiger partial charge in [0.1, 0.15) is 24.5 Å². The molecule has 1 aliphatic rings. The molecule has 36 heavy (non-hydrogen) atoms. The van der Waals surface area contributed by atoms with Gasteiger partial charge in [0.2, 0.25) is 12.2 Å². The molecule has 0 saturated carbocycles. The fourth-order valence-electron chi connectivity index (χ4n) is 3.28. The van der Waals surface area contributed by atoms with E-state index in [-0.39, 0.29) is 10.8 Å². The normalized spacial score (nSPS) is 23.1. The lowest BCUT2D eigenvalue weighted by Crippen LogP contribution is -2.66. The molecule has 0 radical (unpaired) electrons. The van der Waals surface area contributed by atoms with Crippen molar-refractivity contribution < 1.29 is 52.4 Å². The average molecular weight is 550 g/mol. The molecule has 5 atom stereocenters. The molecule has 1 aliphatic heterocycles. The number of ether oxygens (including phenoxy) is 6. The van der Waals surface area contributed by atoms with E-state index in [2.05, 4.69) is 5.32 Å². The molecule has 1 aromatic carbocycles. The van der Waals surface area contributed by atoms with Crippen molar-refractivity contribution in [2.75, 3.05) is 13.2 Å². The topological polar surface area (TPSA) is 153 Å². The lowest BCUT2D eigenvalue weighted by molar-refractivity contribution is -0.272. The molecule has 0 aliphatic carbocycles. The quantitative estimate of drug-likeness (QED) is 0.352. The fraction of sp³-hybridized carbons (Fsp3) is 0.500. The molecular weight excluding hydrogens is 525 g/mol. The highest BCUT2D eigenvalue weighted by Gasteiger charge is 2.52. The van der Waals surface area contributed by atoms with Gasteiger partial charge in [-0.3, -0.25) is 19.2 Å².